The molecule has 7 N–H and O–H groups in total. The van der Waals surface area contributed by atoms with E-state index in [1.54, 1.807) is 29.1 Å². The normalized spacial score (nSPS) is 12.7. The van der Waals surface area contributed by atoms with E-state index in [4.69, 9.17) is 14.3 Å². The van der Waals surface area contributed by atoms with Crippen LogP contribution in [0.5, 0.6) is 0 Å². The van der Waals surface area contributed by atoms with Crippen molar-refractivity contribution in [1.29, 1.82) is 0 Å². The van der Waals surface area contributed by atoms with Crippen LogP contribution in [0.25, 0.3) is 0 Å². The molecule has 58 heavy (non-hydrogen) atoms. The molecule has 0 aliphatic heterocycles. The number of anilines is 2. The number of aliphatic hydroxyl groups is 1. The number of pyridine rings is 2. The molecule has 316 valence electrons. The molecule has 16 heteroatoms. The Labute approximate surface area is 349 Å². The number of aliphatic hydroxyl groups excluding tert-OH is 1. The van der Waals surface area contributed by atoms with Crippen LogP contribution in [-0.2, 0) is 38.8 Å². The molecule has 0 radical (unpaired) electrons. The highest BCUT2D eigenvalue weighted by Gasteiger charge is 2.15. The number of aromatic nitrogens is 2. The second kappa shape index (κ2) is 25.3. The number of thioether (sulfide) groups is 1. The van der Waals surface area contributed by atoms with Crippen LogP contribution in [0, 0.1) is 0 Å². The number of hydrogen-bond acceptors (Lipinski definition) is 11. The van der Waals surface area contributed by atoms with E-state index in [0.29, 0.717) is 63.5 Å². The predicted octanol–water partition coefficient (Wildman–Crippen LogP) is 4.16. The third-order valence-corrected chi connectivity index (χ3v) is 13.3. The minimum absolute atomic E-state index is 0.0501. The average molecular weight is 839 g/mol. The molecule has 2 aromatic carbocycles. The van der Waals surface area contributed by atoms with E-state index in [1.165, 1.54) is 9.79 Å². The van der Waals surface area contributed by atoms with Gasteiger partial charge in [-0.2, -0.15) is 10.0 Å². The third kappa shape index (κ3) is 17.3. The van der Waals surface area contributed by atoms with Crippen molar-refractivity contribution in [2.75, 3.05) is 68.6 Å². The number of hydroxylamine groups is 1. The Bertz CT molecular complexity index is 1820. The minimum atomic E-state index is -0.807. The molecule has 14 nitrogen and oxygen atoms in total. The molecular formula is C42H62N8O6S2+2. The van der Waals surface area contributed by atoms with Gasteiger partial charge in [-0.3, -0.25) is 25.3 Å². The zero-order valence-electron chi connectivity index (χ0n) is 34.4. The molecule has 0 saturated heterocycles. The lowest BCUT2D eigenvalue weighted by atomic mass is 10.2. The van der Waals surface area contributed by atoms with Gasteiger partial charge < -0.3 is 25.3 Å². The summed E-state index contributed by atoms with van der Waals surface area (Å²) in [5.74, 6) is 0.623. The van der Waals surface area contributed by atoms with Crippen LogP contribution in [0.15, 0.2) is 107 Å². The van der Waals surface area contributed by atoms with E-state index in [1.807, 2.05) is 65.1 Å². The third-order valence-electron chi connectivity index (χ3n) is 9.05. The van der Waals surface area contributed by atoms with Gasteiger partial charge in [-0.25, -0.2) is 20.0 Å². The lowest BCUT2D eigenvalue weighted by molar-refractivity contribution is -0.704. The number of nitrogens with one attached hydrogen (secondary N) is 6. The molecule has 0 spiro atoms. The molecule has 4 aromatic rings. The van der Waals surface area contributed by atoms with E-state index < -0.39 is 16.3 Å². The van der Waals surface area contributed by atoms with Crippen molar-refractivity contribution in [2.24, 2.45) is 0 Å². The minimum Gasteiger partial charge on any atom is -0.378 e. The summed E-state index contributed by atoms with van der Waals surface area (Å²) in [6.07, 6.45) is 12.1. The zero-order chi connectivity index (χ0) is 41.6. The van der Waals surface area contributed by atoms with Gasteiger partial charge in [0.1, 0.15) is 5.56 Å². The van der Waals surface area contributed by atoms with Crippen LogP contribution in [0.2, 0.25) is 0 Å². The summed E-state index contributed by atoms with van der Waals surface area (Å²) in [5, 5.41) is 13.9. The standard InChI is InChI=1S/C42H60N8O6S2/c1-6-33(3)57-38-16-12-36(13-17-38)45-47-40(51)30-49-22-8-10-34(28-49)32-56-44-21-25-55-27-26-54-24-20-43-42(53)35-11-9-23-50(29-35)31-41(52)48-46-37-14-18-39(19-15-37)58(4,5)7-2/h8-19,22-23,28-29,33,40,44-47,51H,6-7,20-21,24-27,30-32H2,1-5H3/p+2. The van der Waals surface area contributed by atoms with Gasteiger partial charge in [-0.15, -0.1) is 11.8 Å². The van der Waals surface area contributed by atoms with Gasteiger partial charge in [0.25, 0.3) is 5.91 Å². The molecule has 0 fully saturated rings. The molecule has 0 saturated carbocycles. The Morgan fingerprint density at radius 3 is 2.22 bits per heavy atom. The molecule has 0 aliphatic carbocycles. The number of hydrogen-bond donors (Lipinski definition) is 7. The second-order valence-corrected chi connectivity index (χ2v) is 19.6. The van der Waals surface area contributed by atoms with Gasteiger partial charge in [-0.1, -0.05) is 20.8 Å². The smallest absolute Gasteiger partial charge is 0.304 e. The number of benzene rings is 2. The Morgan fingerprint density at radius 1 is 0.828 bits per heavy atom. The number of nitrogens with zero attached hydrogens (tertiary/aromatic N) is 2. The number of ether oxygens (including phenoxy) is 2. The number of rotatable bonds is 27. The van der Waals surface area contributed by atoms with Gasteiger partial charge in [0.2, 0.25) is 6.54 Å². The van der Waals surface area contributed by atoms with Crippen LogP contribution in [0.3, 0.4) is 0 Å². The molecule has 2 heterocycles. The van der Waals surface area contributed by atoms with Gasteiger partial charge in [0, 0.05) is 46.6 Å². The molecule has 0 bridgehead atoms. The molecule has 2 aromatic heterocycles. The number of amides is 2. The lowest BCUT2D eigenvalue weighted by Crippen LogP contribution is -2.47. The summed E-state index contributed by atoms with van der Waals surface area (Å²) in [6.45, 7) is 9.75. The number of carbonyl (C=O) groups excluding carboxylic acids is 2. The van der Waals surface area contributed by atoms with Crippen molar-refractivity contribution >= 4 is 45.0 Å². The molecule has 2 unspecified atom stereocenters. The largest absolute Gasteiger partial charge is 0.378 e. The fourth-order valence-corrected chi connectivity index (χ4v) is 7.41. The first-order valence-corrected chi connectivity index (χ1v) is 23.1. The van der Waals surface area contributed by atoms with Crippen LogP contribution < -0.4 is 41.6 Å². The SMILES string of the molecule is CCC(C)Sc1ccc(NNC(O)C[n+]2cccc(CONCCOCCOCCNC(=O)c3ccc[n+](CC(=O)NNc4ccc(S(C)(C)CC)cc4)c3)c2)cc1. The Balaban J connectivity index is 0.994. The molecular weight excluding hydrogens is 777 g/mol. The summed E-state index contributed by atoms with van der Waals surface area (Å²) in [7, 11) is -0.807. The van der Waals surface area contributed by atoms with E-state index in [-0.39, 0.29) is 18.4 Å². The van der Waals surface area contributed by atoms with Gasteiger partial charge >= 0.3 is 5.91 Å². The van der Waals surface area contributed by atoms with Gasteiger partial charge in [-0.05, 0) is 90.2 Å². The topological polar surface area (TPSA) is 162 Å². The fourth-order valence-electron chi connectivity index (χ4n) is 5.28. The fraction of sp³-hybridized carbons (Fsp3) is 0.429. The molecule has 2 amide bonds. The lowest BCUT2D eigenvalue weighted by Gasteiger charge is -2.30. The van der Waals surface area contributed by atoms with Crippen LogP contribution in [0.4, 0.5) is 11.4 Å². The monoisotopic (exact) mass is 838 g/mol. The quantitative estimate of drug-likeness (QED) is 0.0152. The first-order valence-electron chi connectivity index (χ1n) is 19.6. The first kappa shape index (κ1) is 46.4. The summed E-state index contributed by atoms with van der Waals surface area (Å²) in [6, 6.07) is 23.6. The zero-order valence-corrected chi connectivity index (χ0v) is 36.0. The summed E-state index contributed by atoms with van der Waals surface area (Å²) in [4.78, 5) is 33.4. The van der Waals surface area contributed by atoms with Crippen molar-refractivity contribution in [1.82, 2.24) is 21.6 Å². The highest BCUT2D eigenvalue weighted by atomic mass is 32.3. The maximum atomic E-state index is 12.7. The van der Waals surface area contributed by atoms with E-state index in [0.717, 1.165) is 29.1 Å². The first-order chi connectivity index (χ1) is 28.0. The summed E-state index contributed by atoms with van der Waals surface area (Å²) < 4.78 is 14.7. The van der Waals surface area contributed by atoms with Crippen molar-refractivity contribution < 1.29 is 38.1 Å². The molecule has 2 atom stereocenters. The molecule has 0 aliphatic rings. The Kier molecular flexibility index (Phi) is 20.2. The van der Waals surface area contributed by atoms with Crippen LogP contribution in [-0.4, -0.2) is 86.2 Å². The highest BCUT2D eigenvalue weighted by Crippen LogP contribution is 2.48. The van der Waals surface area contributed by atoms with E-state index >= 15 is 0 Å². The van der Waals surface area contributed by atoms with Crippen molar-refractivity contribution in [3.63, 3.8) is 0 Å². The van der Waals surface area contributed by atoms with Crippen molar-refractivity contribution in [3.8, 4) is 0 Å². The van der Waals surface area contributed by atoms with E-state index in [9.17, 15) is 14.7 Å². The summed E-state index contributed by atoms with van der Waals surface area (Å²) >= 11 is 1.85. The van der Waals surface area contributed by atoms with E-state index in [2.05, 4.69) is 90.0 Å². The molecule has 4 rings (SSSR count). The number of carbonyl (C=O) groups is 2. The van der Waals surface area contributed by atoms with Crippen molar-refractivity contribution in [3.05, 3.63) is 109 Å². The second-order valence-electron chi connectivity index (χ2n) is 14.0. The van der Waals surface area contributed by atoms with Gasteiger partial charge in [0.05, 0.1) is 38.7 Å². The highest BCUT2D eigenvalue weighted by molar-refractivity contribution is 8.32. The van der Waals surface area contributed by atoms with Crippen LogP contribution >= 0.6 is 21.8 Å². The summed E-state index contributed by atoms with van der Waals surface area (Å²) in [5.41, 5.74) is 17.7. The maximum Gasteiger partial charge on any atom is 0.304 e. The predicted molar refractivity (Wildman–Crippen MR) is 231 cm³/mol. The van der Waals surface area contributed by atoms with Crippen LogP contribution in [0.1, 0.15) is 43.1 Å². The Morgan fingerprint density at radius 2 is 1.50 bits per heavy atom. The average Bonchev–Trinajstić information content (AvgIpc) is 3.23. The maximum absolute atomic E-state index is 12.7. The Hall–Kier alpha value is -4.26. The van der Waals surface area contributed by atoms with Gasteiger partial charge in [0.15, 0.2) is 37.6 Å². The number of hydrazine groups is 2. The van der Waals surface area contributed by atoms with Crippen molar-refractivity contribution in [2.45, 2.75) is 68.2 Å².